The fourth-order valence-corrected chi connectivity index (χ4v) is 1.76. The highest BCUT2D eigenvalue weighted by Crippen LogP contribution is 2.22. The van der Waals surface area contributed by atoms with Crippen LogP contribution in [-0.2, 0) is 4.74 Å². The van der Waals surface area contributed by atoms with Gasteiger partial charge in [-0.25, -0.2) is 4.79 Å². The lowest BCUT2D eigenvalue weighted by atomic mass is 10.1. The first-order valence-electron chi connectivity index (χ1n) is 5.82. The molecular formula is C15H11ClO4. The van der Waals surface area contributed by atoms with Crippen LogP contribution in [0.1, 0.15) is 20.7 Å². The lowest BCUT2D eigenvalue weighted by Crippen LogP contribution is -2.14. The first-order valence-corrected chi connectivity index (χ1v) is 6.19. The van der Waals surface area contributed by atoms with Gasteiger partial charge in [0, 0.05) is 10.6 Å². The van der Waals surface area contributed by atoms with Crippen LogP contribution in [0.25, 0.3) is 0 Å². The van der Waals surface area contributed by atoms with E-state index >= 15 is 0 Å². The van der Waals surface area contributed by atoms with Gasteiger partial charge in [-0.15, -0.1) is 0 Å². The van der Waals surface area contributed by atoms with E-state index in [4.69, 9.17) is 16.3 Å². The van der Waals surface area contributed by atoms with Crippen molar-refractivity contribution in [2.24, 2.45) is 0 Å². The zero-order valence-corrected chi connectivity index (χ0v) is 11.1. The Bertz CT molecular complexity index is 638. The monoisotopic (exact) mass is 290 g/mol. The van der Waals surface area contributed by atoms with Gasteiger partial charge < -0.3 is 9.84 Å². The second-order valence-electron chi connectivity index (χ2n) is 4.03. The fraction of sp³-hybridized carbons (Fsp3) is 0.0667. The van der Waals surface area contributed by atoms with Gasteiger partial charge in [0.25, 0.3) is 0 Å². The van der Waals surface area contributed by atoms with Gasteiger partial charge in [0.05, 0.1) is 0 Å². The van der Waals surface area contributed by atoms with Gasteiger partial charge in [0.1, 0.15) is 11.3 Å². The van der Waals surface area contributed by atoms with E-state index in [0.717, 1.165) is 0 Å². The molecule has 20 heavy (non-hydrogen) atoms. The van der Waals surface area contributed by atoms with E-state index in [1.54, 1.807) is 30.3 Å². The second-order valence-corrected chi connectivity index (χ2v) is 4.46. The number of carbonyl (C=O) groups excluding carboxylic acids is 2. The minimum Gasteiger partial charge on any atom is -0.507 e. The predicted octanol–water partition coefficient (Wildman–Crippen LogP) is 3.09. The molecule has 0 aliphatic heterocycles. The molecule has 0 aliphatic carbocycles. The van der Waals surface area contributed by atoms with E-state index in [-0.39, 0.29) is 23.7 Å². The number of rotatable bonds is 4. The molecule has 0 spiro atoms. The highest BCUT2D eigenvalue weighted by molar-refractivity contribution is 6.30. The summed E-state index contributed by atoms with van der Waals surface area (Å²) in [5.74, 6) is -1.37. The second kappa shape index (κ2) is 6.21. The molecule has 0 aliphatic rings. The predicted molar refractivity (Wildman–Crippen MR) is 74.2 cm³/mol. The summed E-state index contributed by atoms with van der Waals surface area (Å²) in [6.07, 6.45) is 0. The summed E-state index contributed by atoms with van der Waals surface area (Å²) in [6, 6.07) is 12.5. The average Bonchev–Trinajstić information content (AvgIpc) is 2.45. The third kappa shape index (κ3) is 3.36. The maximum absolute atomic E-state index is 11.8. The Labute approximate surface area is 120 Å². The molecule has 2 aromatic rings. The number of phenols is 1. The number of Topliss-reactive ketones (excluding diaryl/α,β-unsaturated/α-hetero) is 1. The summed E-state index contributed by atoms with van der Waals surface area (Å²) in [4.78, 5) is 23.5. The number of halogens is 1. The van der Waals surface area contributed by atoms with E-state index in [2.05, 4.69) is 0 Å². The normalized spacial score (nSPS) is 10.1. The fourth-order valence-electron chi connectivity index (χ4n) is 1.59. The molecule has 0 amide bonds. The van der Waals surface area contributed by atoms with E-state index in [1.165, 1.54) is 18.2 Å². The Morgan fingerprint density at radius 2 is 1.80 bits per heavy atom. The highest BCUT2D eigenvalue weighted by Gasteiger charge is 2.15. The summed E-state index contributed by atoms with van der Waals surface area (Å²) >= 11 is 5.66. The molecule has 5 heteroatoms. The maximum Gasteiger partial charge on any atom is 0.342 e. The molecule has 0 saturated carbocycles. The molecule has 0 radical (unpaired) electrons. The van der Waals surface area contributed by atoms with Crippen LogP contribution in [0.15, 0.2) is 48.5 Å². The molecule has 102 valence electrons. The number of ketones is 1. The van der Waals surface area contributed by atoms with Crippen molar-refractivity contribution in [3.05, 3.63) is 64.7 Å². The Morgan fingerprint density at radius 3 is 2.45 bits per heavy atom. The zero-order chi connectivity index (χ0) is 14.5. The maximum atomic E-state index is 11.8. The first-order chi connectivity index (χ1) is 9.58. The number of hydrogen-bond acceptors (Lipinski definition) is 4. The van der Waals surface area contributed by atoms with Gasteiger partial charge in [-0.2, -0.15) is 0 Å². The third-order valence-corrected chi connectivity index (χ3v) is 2.84. The third-order valence-electron chi connectivity index (χ3n) is 2.61. The van der Waals surface area contributed by atoms with Crippen LogP contribution in [0.2, 0.25) is 5.02 Å². The largest absolute Gasteiger partial charge is 0.507 e. The Morgan fingerprint density at radius 1 is 1.10 bits per heavy atom. The summed E-state index contributed by atoms with van der Waals surface area (Å²) < 4.78 is 4.87. The summed E-state index contributed by atoms with van der Waals surface area (Å²) in [7, 11) is 0. The van der Waals surface area contributed by atoms with Crippen molar-refractivity contribution in [3.63, 3.8) is 0 Å². The Hall–Kier alpha value is -2.33. The van der Waals surface area contributed by atoms with Gasteiger partial charge >= 0.3 is 5.97 Å². The molecular weight excluding hydrogens is 280 g/mol. The van der Waals surface area contributed by atoms with E-state index < -0.39 is 5.97 Å². The molecule has 0 atom stereocenters. The number of esters is 1. The van der Waals surface area contributed by atoms with Gasteiger partial charge in [0.15, 0.2) is 12.4 Å². The van der Waals surface area contributed by atoms with Crippen LogP contribution in [0.5, 0.6) is 5.75 Å². The SMILES string of the molecule is O=C(COC(=O)c1ccc(Cl)cc1O)c1ccccc1. The number of ether oxygens (including phenoxy) is 1. The zero-order valence-electron chi connectivity index (χ0n) is 10.4. The molecule has 0 unspecified atom stereocenters. The number of carbonyl (C=O) groups is 2. The summed E-state index contributed by atoms with van der Waals surface area (Å²) in [5, 5.41) is 9.88. The van der Waals surface area contributed by atoms with Crippen molar-refractivity contribution in [1.29, 1.82) is 0 Å². The smallest absolute Gasteiger partial charge is 0.342 e. The molecule has 0 saturated heterocycles. The van der Waals surface area contributed by atoms with E-state index in [0.29, 0.717) is 10.6 Å². The lowest BCUT2D eigenvalue weighted by Gasteiger charge is -2.06. The minimum atomic E-state index is -0.775. The molecule has 4 nitrogen and oxygen atoms in total. The van der Waals surface area contributed by atoms with Crippen LogP contribution >= 0.6 is 11.6 Å². The van der Waals surface area contributed by atoms with E-state index in [1.807, 2.05) is 0 Å². The van der Waals surface area contributed by atoms with E-state index in [9.17, 15) is 14.7 Å². The van der Waals surface area contributed by atoms with Crippen LogP contribution in [0.3, 0.4) is 0 Å². The standard InChI is InChI=1S/C15H11ClO4/c16-11-6-7-12(13(17)8-11)15(19)20-9-14(18)10-4-2-1-3-5-10/h1-8,17H,9H2. The molecule has 1 N–H and O–H groups in total. The summed E-state index contributed by atoms with van der Waals surface area (Å²) in [5.41, 5.74) is 0.427. The quantitative estimate of drug-likeness (QED) is 0.694. The number of benzene rings is 2. The average molecular weight is 291 g/mol. The van der Waals surface area contributed by atoms with Crippen molar-refractivity contribution in [2.75, 3.05) is 6.61 Å². The van der Waals surface area contributed by atoms with Gasteiger partial charge in [-0.3, -0.25) is 4.79 Å². The Balaban J connectivity index is 2.00. The van der Waals surface area contributed by atoms with Gasteiger partial charge in [-0.1, -0.05) is 41.9 Å². The molecule has 0 aromatic heterocycles. The molecule has 0 bridgehead atoms. The molecule has 2 rings (SSSR count). The van der Waals surface area contributed by atoms with Crippen molar-refractivity contribution < 1.29 is 19.4 Å². The van der Waals surface area contributed by atoms with Crippen molar-refractivity contribution in [2.45, 2.75) is 0 Å². The first kappa shape index (κ1) is 14.1. The highest BCUT2D eigenvalue weighted by atomic mass is 35.5. The molecule has 2 aromatic carbocycles. The van der Waals surface area contributed by atoms with Crippen LogP contribution in [0, 0.1) is 0 Å². The van der Waals surface area contributed by atoms with Crippen LogP contribution < -0.4 is 0 Å². The number of hydrogen-bond donors (Lipinski definition) is 1. The number of aromatic hydroxyl groups is 1. The number of phenolic OH excluding ortho intramolecular Hbond substituents is 1. The lowest BCUT2D eigenvalue weighted by molar-refractivity contribution is 0.0472. The van der Waals surface area contributed by atoms with Crippen molar-refractivity contribution in [1.82, 2.24) is 0 Å². The molecule has 0 heterocycles. The molecule has 0 fully saturated rings. The summed E-state index contributed by atoms with van der Waals surface area (Å²) in [6.45, 7) is -0.384. The van der Waals surface area contributed by atoms with Gasteiger partial charge in [-0.05, 0) is 18.2 Å². The van der Waals surface area contributed by atoms with Crippen molar-refractivity contribution in [3.8, 4) is 5.75 Å². The van der Waals surface area contributed by atoms with Crippen LogP contribution in [-0.4, -0.2) is 23.5 Å². The van der Waals surface area contributed by atoms with Gasteiger partial charge in [0.2, 0.25) is 0 Å². The van der Waals surface area contributed by atoms with Crippen molar-refractivity contribution >= 4 is 23.4 Å². The minimum absolute atomic E-state index is 0.0322. The Kier molecular flexibility index (Phi) is 4.38. The van der Waals surface area contributed by atoms with Crippen LogP contribution in [0.4, 0.5) is 0 Å². The topological polar surface area (TPSA) is 63.6 Å².